The SMILES string of the molecule is Cc1ccc(-c2ccc(Cl)cc2)cc1C=C1OC(=O)COC1(C)C. The fraction of sp³-hybridized carbons (Fsp3) is 0.250. The standard InChI is InChI=1S/C20H19ClO3/c1-13-4-5-15(14-6-8-17(21)9-7-14)10-16(13)11-18-20(2,3)23-12-19(22)24-18/h4-11H,12H2,1-3H3. The molecule has 0 aromatic heterocycles. The second-order valence-corrected chi connectivity index (χ2v) is 6.80. The van der Waals surface area contributed by atoms with Gasteiger partial charge in [0.2, 0.25) is 0 Å². The first-order chi connectivity index (χ1) is 11.3. The summed E-state index contributed by atoms with van der Waals surface area (Å²) in [5.41, 5.74) is 3.61. The molecule has 1 saturated heterocycles. The van der Waals surface area contributed by atoms with Crippen molar-refractivity contribution in [1.29, 1.82) is 0 Å². The van der Waals surface area contributed by atoms with Crippen LogP contribution in [0.4, 0.5) is 0 Å². The molecule has 2 aromatic rings. The van der Waals surface area contributed by atoms with Gasteiger partial charge in [-0.3, -0.25) is 0 Å². The lowest BCUT2D eigenvalue weighted by Gasteiger charge is -2.31. The monoisotopic (exact) mass is 342 g/mol. The average Bonchev–Trinajstić information content (AvgIpc) is 2.54. The molecule has 0 spiro atoms. The molecule has 1 fully saturated rings. The summed E-state index contributed by atoms with van der Waals surface area (Å²) in [5, 5.41) is 0.709. The largest absolute Gasteiger partial charge is 0.426 e. The number of rotatable bonds is 2. The summed E-state index contributed by atoms with van der Waals surface area (Å²) >= 11 is 5.96. The number of esters is 1. The molecule has 124 valence electrons. The summed E-state index contributed by atoms with van der Waals surface area (Å²) in [4.78, 5) is 11.6. The van der Waals surface area contributed by atoms with Crippen LogP contribution in [0.2, 0.25) is 5.02 Å². The minimum absolute atomic E-state index is 0.0197. The van der Waals surface area contributed by atoms with Crippen molar-refractivity contribution in [3.63, 3.8) is 0 Å². The Balaban J connectivity index is 2.01. The lowest BCUT2D eigenvalue weighted by molar-refractivity contribution is -0.165. The molecule has 1 aliphatic heterocycles. The van der Waals surface area contributed by atoms with E-state index in [1.807, 2.05) is 51.1 Å². The van der Waals surface area contributed by atoms with E-state index in [0.717, 1.165) is 22.3 Å². The van der Waals surface area contributed by atoms with Gasteiger partial charge < -0.3 is 9.47 Å². The predicted octanol–water partition coefficient (Wildman–Crippen LogP) is 5.01. The Kier molecular flexibility index (Phi) is 4.48. The van der Waals surface area contributed by atoms with Crippen LogP contribution < -0.4 is 0 Å². The maximum atomic E-state index is 11.6. The van der Waals surface area contributed by atoms with Gasteiger partial charge in [-0.05, 0) is 67.3 Å². The molecule has 0 aliphatic carbocycles. The normalized spacial score (nSPS) is 18.5. The second-order valence-electron chi connectivity index (χ2n) is 6.36. The fourth-order valence-electron chi connectivity index (χ4n) is 2.55. The summed E-state index contributed by atoms with van der Waals surface area (Å²) in [7, 11) is 0. The van der Waals surface area contributed by atoms with E-state index in [1.165, 1.54) is 0 Å². The smallest absolute Gasteiger partial charge is 0.337 e. The topological polar surface area (TPSA) is 35.5 Å². The van der Waals surface area contributed by atoms with E-state index in [1.54, 1.807) is 0 Å². The van der Waals surface area contributed by atoms with Crippen LogP contribution in [-0.2, 0) is 14.3 Å². The summed E-state index contributed by atoms with van der Waals surface area (Å²) in [5.74, 6) is 0.155. The molecule has 1 heterocycles. The molecule has 2 aromatic carbocycles. The van der Waals surface area contributed by atoms with Crippen LogP contribution in [0.1, 0.15) is 25.0 Å². The molecule has 0 saturated carbocycles. The van der Waals surface area contributed by atoms with E-state index >= 15 is 0 Å². The minimum atomic E-state index is -0.628. The van der Waals surface area contributed by atoms with Crippen molar-refractivity contribution >= 4 is 23.6 Å². The highest BCUT2D eigenvalue weighted by molar-refractivity contribution is 6.30. The first-order valence-electron chi connectivity index (χ1n) is 7.78. The van der Waals surface area contributed by atoms with E-state index in [9.17, 15) is 4.79 Å². The highest BCUT2D eigenvalue weighted by atomic mass is 35.5. The van der Waals surface area contributed by atoms with Crippen molar-refractivity contribution in [3.8, 4) is 11.1 Å². The van der Waals surface area contributed by atoms with Crippen molar-refractivity contribution in [2.24, 2.45) is 0 Å². The van der Waals surface area contributed by atoms with Gasteiger partial charge in [-0.1, -0.05) is 35.9 Å². The highest BCUT2D eigenvalue weighted by Crippen LogP contribution is 2.30. The number of hydrogen-bond donors (Lipinski definition) is 0. The van der Waals surface area contributed by atoms with Gasteiger partial charge in [0.25, 0.3) is 0 Å². The van der Waals surface area contributed by atoms with Crippen LogP contribution in [-0.4, -0.2) is 18.2 Å². The van der Waals surface area contributed by atoms with Crippen LogP contribution in [0.15, 0.2) is 48.2 Å². The van der Waals surface area contributed by atoms with Crippen molar-refractivity contribution in [3.05, 3.63) is 64.4 Å². The summed E-state index contributed by atoms with van der Waals surface area (Å²) in [6.45, 7) is 5.79. The molecule has 0 bridgehead atoms. The number of halogens is 1. The third kappa shape index (κ3) is 3.53. The van der Waals surface area contributed by atoms with Gasteiger partial charge >= 0.3 is 5.97 Å². The van der Waals surface area contributed by atoms with Crippen molar-refractivity contribution in [2.45, 2.75) is 26.4 Å². The van der Waals surface area contributed by atoms with Crippen molar-refractivity contribution in [2.75, 3.05) is 6.61 Å². The number of carbonyl (C=O) groups excluding carboxylic acids is 1. The molecule has 3 rings (SSSR count). The summed E-state index contributed by atoms with van der Waals surface area (Å²) < 4.78 is 11.0. The van der Waals surface area contributed by atoms with E-state index in [0.29, 0.717) is 10.8 Å². The van der Waals surface area contributed by atoms with Gasteiger partial charge in [-0.25, -0.2) is 4.79 Å². The van der Waals surface area contributed by atoms with Crippen LogP contribution in [0, 0.1) is 6.92 Å². The van der Waals surface area contributed by atoms with Crippen LogP contribution in [0.5, 0.6) is 0 Å². The third-order valence-electron chi connectivity index (χ3n) is 4.11. The third-order valence-corrected chi connectivity index (χ3v) is 4.36. The Hall–Kier alpha value is -2.10. The molecule has 0 atom stereocenters. The van der Waals surface area contributed by atoms with Gasteiger partial charge in [0.15, 0.2) is 0 Å². The zero-order chi connectivity index (χ0) is 17.3. The number of carbonyl (C=O) groups is 1. The Morgan fingerprint density at radius 1 is 1.08 bits per heavy atom. The Morgan fingerprint density at radius 3 is 2.46 bits per heavy atom. The predicted molar refractivity (Wildman–Crippen MR) is 95.7 cm³/mol. The number of hydrogen-bond acceptors (Lipinski definition) is 3. The van der Waals surface area contributed by atoms with Gasteiger partial charge in [0.05, 0.1) is 0 Å². The molecule has 1 aliphatic rings. The van der Waals surface area contributed by atoms with Crippen molar-refractivity contribution in [1.82, 2.24) is 0 Å². The number of cyclic esters (lactones) is 1. The molecule has 24 heavy (non-hydrogen) atoms. The van der Waals surface area contributed by atoms with Crippen LogP contribution in [0.25, 0.3) is 17.2 Å². The fourth-order valence-corrected chi connectivity index (χ4v) is 2.67. The first kappa shape index (κ1) is 16.7. The molecule has 0 unspecified atom stereocenters. The van der Waals surface area contributed by atoms with Crippen LogP contribution >= 0.6 is 11.6 Å². The molecular weight excluding hydrogens is 324 g/mol. The van der Waals surface area contributed by atoms with Gasteiger partial charge in [0, 0.05) is 5.02 Å². The summed E-state index contributed by atoms with van der Waals surface area (Å²) in [6.07, 6.45) is 1.88. The zero-order valence-electron chi connectivity index (χ0n) is 13.9. The van der Waals surface area contributed by atoms with E-state index in [-0.39, 0.29) is 12.6 Å². The maximum absolute atomic E-state index is 11.6. The molecule has 3 nitrogen and oxygen atoms in total. The minimum Gasteiger partial charge on any atom is -0.426 e. The van der Waals surface area contributed by atoms with Crippen molar-refractivity contribution < 1.29 is 14.3 Å². The molecule has 0 amide bonds. The van der Waals surface area contributed by atoms with E-state index in [2.05, 4.69) is 18.2 Å². The Morgan fingerprint density at radius 2 is 1.75 bits per heavy atom. The molecular formula is C20H19ClO3. The van der Waals surface area contributed by atoms with Gasteiger partial charge in [0.1, 0.15) is 18.0 Å². The van der Waals surface area contributed by atoms with E-state index in [4.69, 9.17) is 21.1 Å². The molecule has 0 N–H and O–H groups in total. The summed E-state index contributed by atoms with van der Waals surface area (Å²) in [6, 6.07) is 13.9. The van der Waals surface area contributed by atoms with Gasteiger partial charge in [-0.15, -0.1) is 0 Å². The quantitative estimate of drug-likeness (QED) is 0.720. The van der Waals surface area contributed by atoms with Gasteiger partial charge in [-0.2, -0.15) is 0 Å². The lowest BCUT2D eigenvalue weighted by Crippen LogP contribution is -2.38. The molecule has 0 radical (unpaired) electrons. The first-order valence-corrected chi connectivity index (χ1v) is 8.16. The number of benzene rings is 2. The number of aryl methyl sites for hydroxylation is 1. The number of ether oxygens (including phenoxy) is 2. The Labute approximate surface area is 146 Å². The Bertz CT molecular complexity index is 804. The van der Waals surface area contributed by atoms with E-state index < -0.39 is 5.60 Å². The second kappa shape index (κ2) is 6.42. The highest BCUT2D eigenvalue weighted by Gasteiger charge is 2.33. The maximum Gasteiger partial charge on any atom is 0.337 e. The molecule has 4 heteroatoms. The van der Waals surface area contributed by atoms with Crippen LogP contribution in [0.3, 0.4) is 0 Å². The lowest BCUT2D eigenvalue weighted by atomic mass is 9.97. The zero-order valence-corrected chi connectivity index (χ0v) is 14.7. The average molecular weight is 343 g/mol.